The zero-order chi connectivity index (χ0) is 22.1. The van der Waals surface area contributed by atoms with Crippen LogP contribution in [0.15, 0.2) is 53.5 Å². The van der Waals surface area contributed by atoms with Crippen LogP contribution in [-0.4, -0.2) is 57.6 Å². The molecule has 1 atom stereocenters. The number of para-hydroxylation sites is 1. The summed E-state index contributed by atoms with van der Waals surface area (Å²) in [7, 11) is 5.13. The van der Waals surface area contributed by atoms with E-state index in [1.165, 1.54) is 18.4 Å². The van der Waals surface area contributed by atoms with Crippen molar-refractivity contribution in [3.63, 3.8) is 0 Å². The summed E-state index contributed by atoms with van der Waals surface area (Å²) in [6.07, 6.45) is 2.45. The SMILES string of the molecule is CN=C(NCc1cccc(C(=O)NC)c1)NCC(c1ccccc1OC)N1CCCC1.I. The van der Waals surface area contributed by atoms with Crippen LogP contribution < -0.4 is 20.7 Å². The Balaban J connectivity index is 0.00000363. The molecule has 1 heterocycles. The molecular formula is C24H34IN5O2. The van der Waals surface area contributed by atoms with Crippen LogP contribution in [0.5, 0.6) is 5.75 Å². The molecule has 0 bridgehead atoms. The molecule has 32 heavy (non-hydrogen) atoms. The van der Waals surface area contributed by atoms with E-state index in [2.05, 4.69) is 38.0 Å². The molecule has 0 aliphatic carbocycles. The Morgan fingerprint density at radius 1 is 1.12 bits per heavy atom. The first-order valence-electron chi connectivity index (χ1n) is 10.8. The quantitative estimate of drug-likeness (QED) is 0.267. The summed E-state index contributed by atoms with van der Waals surface area (Å²) in [6.45, 7) is 3.47. The lowest BCUT2D eigenvalue weighted by Crippen LogP contribution is -2.42. The van der Waals surface area contributed by atoms with Gasteiger partial charge in [0.2, 0.25) is 0 Å². The minimum Gasteiger partial charge on any atom is -0.496 e. The van der Waals surface area contributed by atoms with Gasteiger partial charge in [-0.05, 0) is 49.7 Å². The van der Waals surface area contributed by atoms with Crippen LogP contribution in [0.3, 0.4) is 0 Å². The molecule has 2 aromatic carbocycles. The highest BCUT2D eigenvalue weighted by Gasteiger charge is 2.26. The predicted octanol–water partition coefficient (Wildman–Crippen LogP) is 3.17. The maximum absolute atomic E-state index is 11.9. The van der Waals surface area contributed by atoms with Gasteiger partial charge in [0.15, 0.2) is 5.96 Å². The van der Waals surface area contributed by atoms with Crippen molar-refractivity contribution in [3.05, 3.63) is 65.2 Å². The van der Waals surface area contributed by atoms with Crippen molar-refractivity contribution >= 4 is 35.8 Å². The lowest BCUT2D eigenvalue weighted by atomic mass is 10.0. The summed E-state index contributed by atoms with van der Waals surface area (Å²) in [5, 5.41) is 9.49. The standard InChI is InChI=1S/C24H33N5O2.HI/c1-25-23(30)19-10-8-9-18(15-19)16-27-24(26-2)28-17-21(29-13-6-7-14-29)20-11-4-5-12-22(20)31-3;/h4-5,8-12,15,21H,6-7,13-14,16-17H2,1-3H3,(H,25,30)(H2,26,27,28);1H. The molecule has 2 aromatic rings. The average Bonchev–Trinajstić information content (AvgIpc) is 3.35. The fourth-order valence-corrected chi connectivity index (χ4v) is 4.00. The Hall–Kier alpha value is -2.33. The van der Waals surface area contributed by atoms with E-state index in [-0.39, 0.29) is 35.9 Å². The summed E-state index contributed by atoms with van der Waals surface area (Å²) in [4.78, 5) is 18.7. The van der Waals surface area contributed by atoms with E-state index in [0.717, 1.165) is 36.9 Å². The van der Waals surface area contributed by atoms with Gasteiger partial charge < -0.3 is 20.7 Å². The number of halogens is 1. The molecule has 8 heteroatoms. The molecule has 0 saturated carbocycles. The number of nitrogens with one attached hydrogen (secondary N) is 3. The van der Waals surface area contributed by atoms with E-state index < -0.39 is 0 Å². The van der Waals surface area contributed by atoms with Crippen molar-refractivity contribution in [3.8, 4) is 5.75 Å². The highest BCUT2D eigenvalue weighted by Crippen LogP contribution is 2.31. The summed E-state index contributed by atoms with van der Waals surface area (Å²) in [5.41, 5.74) is 2.85. The van der Waals surface area contributed by atoms with E-state index in [0.29, 0.717) is 12.1 Å². The number of benzene rings is 2. The maximum Gasteiger partial charge on any atom is 0.251 e. The molecule has 3 N–H and O–H groups in total. The zero-order valence-corrected chi connectivity index (χ0v) is 21.4. The second-order valence-corrected chi connectivity index (χ2v) is 7.59. The number of aliphatic imine (C=N–C) groups is 1. The first-order valence-corrected chi connectivity index (χ1v) is 10.8. The summed E-state index contributed by atoms with van der Waals surface area (Å²) in [6, 6.07) is 16.0. The van der Waals surface area contributed by atoms with Gasteiger partial charge in [-0.25, -0.2) is 0 Å². The summed E-state index contributed by atoms with van der Waals surface area (Å²) < 4.78 is 5.63. The minimum absolute atomic E-state index is 0. The van der Waals surface area contributed by atoms with Gasteiger partial charge in [0.25, 0.3) is 5.91 Å². The van der Waals surface area contributed by atoms with Gasteiger partial charge >= 0.3 is 0 Å². The van der Waals surface area contributed by atoms with Crippen molar-refractivity contribution in [2.75, 3.05) is 40.8 Å². The number of carbonyl (C=O) groups is 1. The number of hydrogen-bond acceptors (Lipinski definition) is 4. The van der Waals surface area contributed by atoms with Crippen LogP contribution >= 0.6 is 24.0 Å². The zero-order valence-electron chi connectivity index (χ0n) is 19.1. The highest BCUT2D eigenvalue weighted by atomic mass is 127. The number of guanidine groups is 1. The maximum atomic E-state index is 11.9. The van der Waals surface area contributed by atoms with Crippen molar-refractivity contribution < 1.29 is 9.53 Å². The number of hydrogen-bond donors (Lipinski definition) is 3. The molecule has 1 unspecified atom stereocenters. The third-order valence-electron chi connectivity index (χ3n) is 5.64. The summed E-state index contributed by atoms with van der Waals surface area (Å²) >= 11 is 0. The van der Waals surface area contributed by atoms with E-state index in [1.807, 2.05) is 36.4 Å². The molecule has 1 aliphatic heterocycles. The second kappa shape index (κ2) is 13.3. The Morgan fingerprint density at radius 2 is 1.88 bits per heavy atom. The number of ether oxygens (including phenoxy) is 1. The number of likely N-dealkylation sites (tertiary alicyclic amines) is 1. The van der Waals surface area contributed by atoms with Crippen LogP contribution in [0.2, 0.25) is 0 Å². The van der Waals surface area contributed by atoms with Crippen molar-refractivity contribution in [1.29, 1.82) is 0 Å². The number of carbonyl (C=O) groups excluding carboxylic acids is 1. The topological polar surface area (TPSA) is 78.0 Å². The van der Waals surface area contributed by atoms with Crippen LogP contribution in [0.4, 0.5) is 0 Å². The molecule has 0 radical (unpaired) electrons. The Morgan fingerprint density at radius 3 is 2.56 bits per heavy atom. The monoisotopic (exact) mass is 551 g/mol. The van der Waals surface area contributed by atoms with Crippen LogP contribution in [-0.2, 0) is 6.54 Å². The minimum atomic E-state index is -0.0883. The first kappa shape index (κ1) is 25.9. The summed E-state index contributed by atoms with van der Waals surface area (Å²) in [5.74, 6) is 1.55. The molecule has 0 spiro atoms. The number of rotatable bonds is 8. The van der Waals surface area contributed by atoms with Gasteiger partial charge in [0.05, 0.1) is 13.2 Å². The van der Waals surface area contributed by atoms with Crippen molar-refractivity contribution in [2.45, 2.75) is 25.4 Å². The molecule has 1 saturated heterocycles. The van der Waals surface area contributed by atoms with Gasteiger partial charge in [-0.15, -0.1) is 24.0 Å². The van der Waals surface area contributed by atoms with Crippen molar-refractivity contribution in [2.24, 2.45) is 4.99 Å². The van der Waals surface area contributed by atoms with Gasteiger partial charge in [0.1, 0.15) is 5.75 Å². The first-order chi connectivity index (χ1) is 15.2. The fourth-order valence-electron chi connectivity index (χ4n) is 4.00. The lowest BCUT2D eigenvalue weighted by molar-refractivity contribution is 0.0963. The Kier molecular flexibility index (Phi) is 10.8. The van der Waals surface area contributed by atoms with E-state index >= 15 is 0 Å². The normalized spacial score (nSPS) is 14.9. The lowest BCUT2D eigenvalue weighted by Gasteiger charge is -2.30. The number of amides is 1. The third-order valence-corrected chi connectivity index (χ3v) is 5.64. The molecule has 1 aliphatic rings. The molecule has 3 rings (SSSR count). The molecular weight excluding hydrogens is 517 g/mol. The number of nitrogens with zero attached hydrogens (tertiary/aromatic N) is 2. The van der Waals surface area contributed by atoms with Crippen LogP contribution in [0.25, 0.3) is 0 Å². The van der Waals surface area contributed by atoms with Crippen molar-refractivity contribution in [1.82, 2.24) is 20.9 Å². The molecule has 7 nitrogen and oxygen atoms in total. The van der Waals surface area contributed by atoms with E-state index in [1.54, 1.807) is 21.2 Å². The van der Waals surface area contributed by atoms with Gasteiger partial charge in [-0.2, -0.15) is 0 Å². The second-order valence-electron chi connectivity index (χ2n) is 7.59. The van der Waals surface area contributed by atoms with Crippen LogP contribution in [0.1, 0.15) is 40.4 Å². The van der Waals surface area contributed by atoms with Crippen LogP contribution in [0, 0.1) is 0 Å². The van der Waals surface area contributed by atoms with E-state index in [9.17, 15) is 4.79 Å². The van der Waals surface area contributed by atoms with Gasteiger partial charge in [0, 0.05) is 38.3 Å². The third kappa shape index (κ3) is 6.83. The predicted molar refractivity (Wildman–Crippen MR) is 140 cm³/mol. The highest BCUT2D eigenvalue weighted by molar-refractivity contribution is 14.0. The largest absolute Gasteiger partial charge is 0.496 e. The molecule has 0 aromatic heterocycles. The Labute approximate surface area is 208 Å². The van der Waals surface area contributed by atoms with Gasteiger partial charge in [-0.1, -0.05) is 30.3 Å². The average molecular weight is 551 g/mol. The van der Waals surface area contributed by atoms with Gasteiger partial charge in [-0.3, -0.25) is 14.7 Å². The smallest absolute Gasteiger partial charge is 0.251 e. The molecule has 1 fully saturated rings. The fraction of sp³-hybridized carbons (Fsp3) is 0.417. The molecule has 174 valence electrons. The Bertz CT molecular complexity index is 899. The van der Waals surface area contributed by atoms with E-state index in [4.69, 9.17) is 4.74 Å². The number of methoxy groups -OCH3 is 1. The molecule has 1 amide bonds.